The molecule has 1 N–H and O–H groups in total. The van der Waals surface area contributed by atoms with Crippen molar-refractivity contribution in [3.8, 4) is 0 Å². The molecule has 15 heavy (non-hydrogen) atoms. The zero-order chi connectivity index (χ0) is 11.1. The second-order valence-corrected chi connectivity index (χ2v) is 4.99. The number of hydrogen-bond acceptors (Lipinski definition) is 3. The summed E-state index contributed by atoms with van der Waals surface area (Å²) in [6.07, 6.45) is 2.42. The maximum absolute atomic E-state index is 5.37. The van der Waals surface area contributed by atoms with E-state index in [9.17, 15) is 0 Å². The smallest absolute Gasteiger partial charge is 0.0478 e. The third kappa shape index (κ3) is 5.50. The van der Waals surface area contributed by atoms with Gasteiger partial charge in [-0.1, -0.05) is 0 Å². The summed E-state index contributed by atoms with van der Waals surface area (Å²) in [5, 5.41) is 3.58. The van der Waals surface area contributed by atoms with Gasteiger partial charge in [-0.25, -0.2) is 0 Å². The van der Waals surface area contributed by atoms with Gasteiger partial charge in [0.25, 0.3) is 0 Å². The Morgan fingerprint density at radius 3 is 2.93 bits per heavy atom. The average molecular weight is 214 g/mol. The summed E-state index contributed by atoms with van der Waals surface area (Å²) in [6.45, 7) is 13.1. The average Bonchev–Trinajstić information content (AvgIpc) is 2.34. The van der Waals surface area contributed by atoms with E-state index < -0.39 is 0 Å². The van der Waals surface area contributed by atoms with Crippen molar-refractivity contribution in [2.45, 2.75) is 39.2 Å². The molecule has 0 saturated carbocycles. The highest BCUT2D eigenvalue weighted by molar-refractivity contribution is 4.84. The first-order valence-electron chi connectivity index (χ1n) is 6.19. The molecule has 0 aromatic carbocycles. The second kappa shape index (κ2) is 6.46. The molecule has 1 aliphatic rings. The van der Waals surface area contributed by atoms with E-state index in [-0.39, 0.29) is 5.54 Å². The molecule has 0 aromatic rings. The van der Waals surface area contributed by atoms with Crippen LogP contribution in [0.25, 0.3) is 0 Å². The zero-order valence-corrected chi connectivity index (χ0v) is 10.5. The van der Waals surface area contributed by atoms with Crippen LogP contribution >= 0.6 is 0 Å². The van der Waals surface area contributed by atoms with Gasteiger partial charge in [0.15, 0.2) is 0 Å². The zero-order valence-electron chi connectivity index (χ0n) is 10.5. The van der Waals surface area contributed by atoms with E-state index in [0.717, 1.165) is 32.7 Å². The number of hydrogen-bond donors (Lipinski definition) is 1. The molecule has 1 aliphatic heterocycles. The van der Waals surface area contributed by atoms with Crippen molar-refractivity contribution in [2.24, 2.45) is 0 Å². The molecule has 3 nitrogen and oxygen atoms in total. The summed E-state index contributed by atoms with van der Waals surface area (Å²) < 4.78 is 5.37. The predicted molar refractivity (Wildman–Crippen MR) is 64.2 cm³/mol. The Morgan fingerprint density at radius 2 is 2.20 bits per heavy atom. The van der Waals surface area contributed by atoms with Crippen LogP contribution in [0.2, 0.25) is 0 Å². The van der Waals surface area contributed by atoms with Gasteiger partial charge in [0.1, 0.15) is 0 Å². The quantitative estimate of drug-likeness (QED) is 0.702. The lowest BCUT2D eigenvalue weighted by molar-refractivity contribution is 0.128. The minimum atomic E-state index is 0.266. The first-order chi connectivity index (χ1) is 7.14. The predicted octanol–water partition coefficient (Wildman–Crippen LogP) is 1.49. The van der Waals surface area contributed by atoms with Gasteiger partial charge in [0.2, 0.25) is 0 Å². The molecule has 1 rings (SSSR count). The fraction of sp³-hybridized carbons (Fsp3) is 1.00. The topological polar surface area (TPSA) is 24.5 Å². The Morgan fingerprint density at radius 1 is 1.40 bits per heavy atom. The van der Waals surface area contributed by atoms with Crippen LogP contribution in [0, 0.1) is 0 Å². The summed E-state index contributed by atoms with van der Waals surface area (Å²) in [7, 11) is 0. The normalized spacial score (nSPS) is 22.6. The maximum atomic E-state index is 5.37. The van der Waals surface area contributed by atoms with E-state index >= 15 is 0 Å². The van der Waals surface area contributed by atoms with Gasteiger partial charge in [0, 0.05) is 31.8 Å². The van der Waals surface area contributed by atoms with Crippen molar-refractivity contribution >= 4 is 0 Å². The molecule has 1 saturated heterocycles. The molecular weight excluding hydrogens is 188 g/mol. The minimum Gasteiger partial charge on any atom is -0.382 e. The molecule has 0 bridgehead atoms. The molecule has 0 aromatic heterocycles. The Labute approximate surface area is 94.2 Å². The number of nitrogens with zero attached hydrogens (tertiary/aromatic N) is 1. The molecule has 3 heteroatoms. The van der Waals surface area contributed by atoms with Gasteiger partial charge in [0.05, 0.1) is 0 Å². The van der Waals surface area contributed by atoms with Gasteiger partial charge >= 0.3 is 0 Å². The van der Waals surface area contributed by atoms with Crippen LogP contribution in [-0.2, 0) is 4.74 Å². The van der Waals surface area contributed by atoms with Gasteiger partial charge in [-0.2, -0.15) is 0 Å². The highest BCUT2D eigenvalue weighted by Crippen LogP contribution is 2.10. The molecule has 0 aliphatic carbocycles. The van der Waals surface area contributed by atoms with E-state index in [2.05, 4.69) is 31.0 Å². The van der Waals surface area contributed by atoms with Gasteiger partial charge in [-0.05, 0) is 46.7 Å². The van der Waals surface area contributed by atoms with Crippen LogP contribution in [-0.4, -0.2) is 49.8 Å². The molecule has 0 atom stereocenters. The lowest BCUT2D eigenvalue weighted by atomic mass is 10.1. The van der Waals surface area contributed by atoms with Crippen molar-refractivity contribution in [3.63, 3.8) is 0 Å². The SMILES string of the molecule is CCOCCCN1CCCNC(C)(C)C1. The lowest BCUT2D eigenvalue weighted by Gasteiger charge is -2.29. The van der Waals surface area contributed by atoms with Gasteiger partial charge in [-0.3, -0.25) is 0 Å². The van der Waals surface area contributed by atoms with Crippen molar-refractivity contribution < 1.29 is 4.74 Å². The fourth-order valence-corrected chi connectivity index (χ4v) is 2.15. The molecular formula is C12H26N2O. The number of nitrogens with one attached hydrogen (secondary N) is 1. The summed E-state index contributed by atoms with van der Waals surface area (Å²) >= 11 is 0. The number of ether oxygens (including phenoxy) is 1. The standard InChI is InChI=1S/C12H26N2O/c1-4-15-10-6-9-14-8-5-7-13-12(2,3)11-14/h13H,4-11H2,1-3H3. The van der Waals surface area contributed by atoms with Crippen molar-refractivity contribution in [1.82, 2.24) is 10.2 Å². The van der Waals surface area contributed by atoms with Crippen LogP contribution in [0.1, 0.15) is 33.6 Å². The van der Waals surface area contributed by atoms with Crippen molar-refractivity contribution in [2.75, 3.05) is 39.4 Å². The Kier molecular flexibility index (Phi) is 5.58. The first-order valence-corrected chi connectivity index (χ1v) is 6.19. The van der Waals surface area contributed by atoms with E-state index in [1.54, 1.807) is 0 Å². The lowest BCUT2D eigenvalue weighted by Crippen LogP contribution is -2.46. The Hall–Kier alpha value is -0.120. The first kappa shape index (κ1) is 12.9. The van der Waals surface area contributed by atoms with Gasteiger partial charge < -0.3 is 15.0 Å². The third-order valence-electron chi connectivity index (χ3n) is 2.84. The summed E-state index contributed by atoms with van der Waals surface area (Å²) in [6, 6.07) is 0. The molecule has 0 unspecified atom stereocenters. The van der Waals surface area contributed by atoms with Gasteiger partial charge in [-0.15, -0.1) is 0 Å². The van der Waals surface area contributed by atoms with Crippen LogP contribution in [0.3, 0.4) is 0 Å². The van der Waals surface area contributed by atoms with Crippen molar-refractivity contribution in [3.05, 3.63) is 0 Å². The molecule has 90 valence electrons. The maximum Gasteiger partial charge on any atom is 0.0478 e. The molecule has 0 spiro atoms. The van der Waals surface area contributed by atoms with Crippen LogP contribution in [0.4, 0.5) is 0 Å². The summed E-state index contributed by atoms with van der Waals surface area (Å²) in [5.41, 5.74) is 0.266. The Balaban J connectivity index is 2.21. The van der Waals surface area contributed by atoms with Crippen molar-refractivity contribution in [1.29, 1.82) is 0 Å². The molecule has 1 heterocycles. The highest BCUT2D eigenvalue weighted by Gasteiger charge is 2.23. The largest absolute Gasteiger partial charge is 0.382 e. The molecule has 0 radical (unpaired) electrons. The van der Waals surface area contributed by atoms with E-state index in [1.807, 2.05) is 0 Å². The third-order valence-corrected chi connectivity index (χ3v) is 2.84. The van der Waals surface area contributed by atoms with E-state index in [0.29, 0.717) is 0 Å². The van der Waals surface area contributed by atoms with Crippen LogP contribution in [0.5, 0.6) is 0 Å². The summed E-state index contributed by atoms with van der Waals surface area (Å²) in [4.78, 5) is 2.55. The minimum absolute atomic E-state index is 0.266. The highest BCUT2D eigenvalue weighted by atomic mass is 16.5. The van der Waals surface area contributed by atoms with E-state index in [4.69, 9.17) is 4.74 Å². The van der Waals surface area contributed by atoms with E-state index in [1.165, 1.54) is 19.5 Å². The van der Waals surface area contributed by atoms with Crippen LogP contribution < -0.4 is 5.32 Å². The second-order valence-electron chi connectivity index (χ2n) is 4.99. The molecule has 1 fully saturated rings. The summed E-state index contributed by atoms with van der Waals surface area (Å²) in [5.74, 6) is 0. The Bertz CT molecular complexity index is 171. The van der Waals surface area contributed by atoms with Crippen LogP contribution in [0.15, 0.2) is 0 Å². The molecule has 0 amide bonds. The number of rotatable bonds is 5. The fourth-order valence-electron chi connectivity index (χ4n) is 2.15. The monoisotopic (exact) mass is 214 g/mol.